The number of amides is 1. The van der Waals surface area contributed by atoms with Gasteiger partial charge in [0.25, 0.3) is 5.91 Å². The molecule has 0 aromatic heterocycles. The molecule has 1 amide bonds. The predicted octanol–water partition coefficient (Wildman–Crippen LogP) is 4.87. The minimum atomic E-state index is -0.111. The third-order valence-corrected chi connectivity index (χ3v) is 4.60. The first-order valence-corrected chi connectivity index (χ1v) is 8.92. The van der Waals surface area contributed by atoms with Gasteiger partial charge in [-0.15, -0.1) is 0 Å². The zero-order chi connectivity index (χ0) is 19.5. The number of carbonyl (C=O) groups excluding carboxylic acids is 1. The molecule has 4 rings (SSSR count). The van der Waals surface area contributed by atoms with Gasteiger partial charge in [0.2, 0.25) is 0 Å². The number of aromatic hydroxyl groups is 1. The molecule has 0 atom stereocenters. The van der Waals surface area contributed by atoms with Crippen LogP contribution in [0.25, 0.3) is 11.8 Å². The van der Waals surface area contributed by atoms with Crippen molar-refractivity contribution in [3.63, 3.8) is 0 Å². The minimum Gasteiger partial charge on any atom is -0.508 e. The molecule has 0 saturated carbocycles. The molecule has 0 aliphatic carbocycles. The number of anilines is 1. The van der Waals surface area contributed by atoms with Crippen LogP contribution in [-0.2, 0) is 4.79 Å². The van der Waals surface area contributed by atoms with Gasteiger partial charge in [-0.3, -0.25) is 9.69 Å². The molecule has 0 bridgehead atoms. The highest BCUT2D eigenvalue weighted by Crippen LogP contribution is 2.35. The SMILES string of the molecule is COc1ccc(/C=C2\C=C(c3ccccc3)N(c3ccc(O)cc3)C2=O)cc1. The number of hydrogen-bond donors (Lipinski definition) is 1. The number of rotatable bonds is 4. The summed E-state index contributed by atoms with van der Waals surface area (Å²) in [6.07, 6.45) is 3.76. The van der Waals surface area contributed by atoms with Crippen molar-refractivity contribution in [1.29, 1.82) is 0 Å². The average Bonchev–Trinajstić information content (AvgIpc) is 3.06. The van der Waals surface area contributed by atoms with Crippen molar-refractivity contribution < 1.29 is 14.6 Å². The lowest BCUT2D eigenvalue weighted by Crippen LogP contribution is -2.24. The van der Waals surface area contributed by atoms with Crippen molar-refractivity contribution in [1.82, 2.24) is 0 Å². The van der Waals surface area contributed by atoms with Crippen LogP contribution in [0.1, 0.15) is 11.1 Å². The van der Waals surface area contributed by atoms with Gasteiger partial charge in [-0.05, 0) is 59.7 Å². The van der Waals surface area contributed by atoms with Gasteiger partial charge in [-0.25, -0.2) is 0 Å². The maximum absolute atomic E-state index is 13.2. The van der Waals surface area contributed by atoms with Crippen molar-refractivity contribution in [2.45, 2.75) is 0 Å². The molecule has 1 N–H and O–H groups in total. The summed E-state index contributed by atoms with van der Waals surface area (Å²) < 4.78 is 5.19. The van der Waals surface area contributed by atoms with Crippen LogP contribution in [-0.4, -0.2) is 18.1 Å². The Morgan fingerprint density at radius 2 is 1.57 bits per heavy atom. The van der Waals surface area contributed by atoms with Gasteiger partial charge in [0.05, 0.1) is 12.8 Å². The second kappa shape index (κ2) is 7.45. The van der Waals surface area contributed by atoms with Crippen molar-refractivity contribution in [3.05, 3.63) is 102 Å². The summed E-state index contributed by atoms with van der Waals surface area (Å²) in [6.45, 7) is 0. The molecular formula is C24H19NO3. The summed E-state index contributed by atoms with van der Waals surface area (Å²) in [7, 11) is 1.62. The highest BCUT2D eigenvalue weighted by atomic mass is 16.5. The Morgan fingerprint density at radius 1 is 0.893 bits per heavy atom. The van der Waals surface area contributed by atoms with Gasteiger partial charge in [-0.1, -0.05) is 42.5 Å². The van der Waals surface area contributed by atoms with E-state index in [9.17, 15) is 9.90 Å². The van der Waals surface area contributed by atoms with E-state index in [-0.39, 0.29) is 11.7 Å². The number of phenolic OH excluding ortho intramolecular Hbond substituents is 1. The van der Waals surface area contributed by atoms with Gasteiger partial charge < -0.3 is 9.84 Å². The molecule has 1 aliphatic heterocycles. The van der Waals surface area contributed by atoms with Crippen LogP contribution >= 0.6 is 0 Å². The molecule has 0 fully saturated rings. The Balaban J connectivity index is 1.78. The highest BCUT2D eigenvalue weighted by molar-refractivity contribution is 6.23. The third kappa shape index (κ3) is 3.40. The molecule has 1 aliphatic rings. The standard InChI is InChI=1S/C24H19NO3/c1-28-22-13-7-17(8-14-22)15-19-16-23(18-5-3-2-4-6-18)25(24(19)27)20-9-11-21(26)12-10-20/h2-16,26H,1H3/b19-15+. The second-order valence-electron chi connectivity index (χ2n) is 6.43. The van der Waals surface area contributed by atoms with E-state index in [4.69, 9.17) is 4.74 Å². The van der Waals surface area contributed by atoms with Crippen LogP contribution in [0.5, 0.6) is 11.5 Å². The molecule has 4 nitrogen and oxygen atoms in total. The molecule has 0 spiro atoms. The van der Waals surface area contributed by atoms with Crippen molar-refractivity contribution in [3.8, 4) is 11.5 Å². The van der Waals surface area contributed by atoms with E-state index in [1.54, 1.807) is 36.3 Å². The quantitative estimate of drug-likeness (QED) is 0.668. The number of phenols is 1. The number of methoxy groups -OCH3 is 1. The zero-order valence-corrected chi connectivity index (χ0v) is 15.4. The Hall–Kier alpha value is -3.79. The van der Waals surface area contributed by atoms with Crippen molar-refractivity contribution in [2.75, 3.05) is 12.0 Å². The molecule has 4 heteroatoms. The van der Waals surface area contributed by atoms with E-state index in [2.05, 4.69) is 0 Å². The summed E-state index contributed by atoms with van der Waals surface area (Å²) in [6, 6.07) is 24.0. The lowest BCUT2D eigenvalue weighted by Gasteiger charge is -2.20. The Labute approximate surface area is 163 Å². The van der Waals surface area contributed by atoms with E-state index in [0.29, 0.717) is 11.3 Å². The molecule has 1 heterocycles. The maximum atomic E-state index is 13.2. The van der Waals surface area contributed by atoms with Gasteiger partial charge in [0.1, 0.15) is 11.5 Å². The largest absolute Gasteiger partial charge is 0.508 e. The summed E-state index contributed by atoms with van der Waals surface area (Å²) in [5, 5.41) is 9.60. The van der Waals surface area contributed by atoms with Crippen molar-refractivity contribution in [2.24, 2.45) is 0 Å². The molecule has 0 unspecified atom stereocenters. The summed E-state index contributed by atoms with van der Waals surface area (Å²) in [4.78, 5) is 14.9. The number of hydrogen-bond acceptors (Lipinski definition) is 3. The first kappa shape index (κ1) is 17.6. The lowest BCUT2D eigenvalue weighted by atomic mass is 10.1. The lowest BCUT2D eigenvalue weighted by molar-refractivity contribution is -0.113. The van der Waals surface area contributed by atoms with E-state index in [1.807, 2.05) is 66.7 Å². The molecule has 28 heavy (non-hydrogen) atoms. The number of ether oxygens (including phenoxy) is 1. The van der Waals surface area contributed by atoms with Gasteiger partial charge in [0, 0.05) is 11.3 Å². The normalized spacial score (nSPS) is 15.0. The summed E-state index contributed by atoms with van der Waals surface area (Å²) in [5.41, 5.74) is 3.96. The van der Waals surface area contributed by atoms with E-state index < -0.39 is 0 Å². The number of benzene rings is 3. The molecular weight excluding hydrogens is 350 g/mol. The molecule has 0 radical (unpaired) electrons. The van der Waals surface area contributed by atoms with Crippen LogP contribution in [0, 0.1) is 0 Å². The monoisotopic (exact) mass is 369 g/mol. The Bertz CT molecular complexity index is 1050. The first-order chi connectivity index (χ1) is 13.7. The van der Waals surface area contributed by atoms with Gasteiger partial charge >= 0.3 is 0 Å². The van der Waals surface area contributed by atoms with Crippen LogP contribution < -0.4 is 9.64 Å². The van der Waals surface area contributed by atoms with Crippen LogP contribution in [0.15, 0.2) is 90.5 Å². The van der Waals surface area contributed by atoms with E-state index >= 15 is 0 Å². The van der Waals surface area contributed by atoms with E-state index in [1.165, 1.54) is 0 Å². The van der Waals surface area contributed by atoms with Gasteiger partial charge in [0.15, 0.2) is 0 Å². The molecule has 3 aromatic rings. The van der Waals surface area contributed by atoms with Crippen LogP contribution in [0.2, 0.25) is 0 Å². The van der Waals surface area contributed by atoms with E-state index in [0.717, 1.165) is 22.6 Å². The Kier molecular flexibility index (Phi) is 4.68. The van der Waals surface area contributed by atoms with Crippen molar-refractivity contribution >= 4 is 23.4 Å². The van der Waals surface area contributed by atoms with Gasteiger partial charge in [-0.2, -0.15) is 0 Å². The zero-order valence-electron chi connectivity index (χ0n) is 15.4. The summed E-state index contributed by atoms with van der Waals surface area (Å²) in [5.74, 6) is 0.820. The minimum absolute atomic E-state index is 0.111. The fourth-order valence-corrected chi connectivity index (χ4v) is 3.17. The average molecular weight is 369 g/mol. The smallest absolute Gasteiger partial charge is 0.262 e. The topological polar surface area (TPSA) is 49.8 Å². The summed E-state index contributed by atoms with van der Waals surface area (Å²) >= 11 is 0. The maximum Gasteiger partial charge on any atom is 0.262 e. The second-order valence-corrected chi connectivity index (χ2v) is 6.43. The first-order valence-electron chi connectivity index (χ1n) is 8.92. The fraction of sp³-hybridized carbons (Fsp3) is 0.0417. The predicted molar refractivity (Wildman–Crippen MR) is 111 cm³/mol. The molecule has 0 saturated heterocycles. The highest BCUT2D eigenvalue weighted by Gasteiger charge is 2.30. The van der Waals surface area contributed by atoms with Crippen LogP contribution in [0.4, 0.5) is 5.69 Å². The third-order valence-electron chi connectivity index (χ3n) is 4.60. The number of nitrogens with zero attached hydrogens (tertiary/aromatic N) is 1. The molecule has 138 valence electrons. The van der Waals surface area contributed by atoms with Crippen LogP contribution in [0.3, 0.4) is 0 Å². The number of carbonyl (C=O) groups is 1. The fourth-order valence-electron chi connectivity index (χ4n) is 3.17. The molecule has 3 aromatic carbocycles. The Morgan fingerprint density at radius 3 is 2.21 bits per heavy atom.